The first-order chi connectivity index (χ1) is 11.2. The Balaban J connectivity index is 1.89. The van der Waals surface area contributed by atoms with Gasteiger partial charge >= 0.3 is 0 Å². The molecule has 0 aliphatic rings. The molecule has 1 aromatic carbocycles. The molecule has 5 nitrogen and oxygen atoms in total. The van der Waals surface area contributed by atoms with Crippen LogP contribution in [0.3, 0.4) is 0 Å². The van der Waals surface area contributed by atoms with Crippen LogP contribution in [0.1, 0.15) is 23.4 Å². The third-order valence-corrected chi connectivity index (χ3v) is 5.04. The van der Waals surface area contributed by atoms with Crippen molar-refractivity contribution < 1.29 is 0 Å². The summed E-state index contributed by atoms with van der Waals surface area (Å²) in [5.41, 5.74) is 3.29. The number of nitrogens with zero attached hydrogens (tertiary/aromatic N) is 3. The highest BCUT2D eigenvalue weighted by molar-refractivity contribution is 7.16. The lowest BCUT2D eigenvalue weighted by atomic mass is 10.1. The fraction of sp³-hybridized carbons (Fsp3) is 0.294. The summed E-state index contributed by atoms with van der Waals surface area (Å²) >= 11 is 1.68. The molecule has 3 aromatic rings. The van der Waals surface area contributed by atoms with Gasteiger partial charge in [-0.3, -0.25) is 4.68 Å². The van der Waals surface area contributed by atoms with Crippen LogP contribution in [0.5, 0.6) is 0 Å². The monoisotopic (exact) mass is 327 g/mol. The Morgan fingerprint density at radius 3 is 2.70 bits per heavy atom. The van der Waals surface area contributed by atoms with Gasteiger partial charge in [-0.25, -0.2) is 4.98 Å². The Hall–Kier alpha value is -2.18. The molecule has 0 fully saturated rings. The molecule has 2 heterocycles. The van der Waals surface area contributed by atoms with E-state index in [4.69, 9.17) is 4.98 Å². The first-order valence-corrected chi connectivity index (χ1v) is 8.45. The van der Waals surface area contributed by atoms with E-state index in [1.165, 1.54) is 10.4 Å². The third kappa shape index (κ3) is 3.43. The van der Waals surface area contributed by atoms with Gasteiger partial charge in [0.1, 0.15) is 0 Å². The molecular weight excluding hydrogens is 306 g/mol. The van der Waals surface area contributed by atoms with Gasteiger partial charge in [0.15, 0.2) is 5.13 Å². The maximum Gasteiger partial charge on any atom is 0.183 e. The van der Waals surface area contributed by atoms with Crippen LogP contribution in [0, 0.1) is 0 Å². The molecule has 0 spiro atoms. The van der Waals surface area contributed by atoms with Crippen molar-refractivity contribution >= 4 is 16.5 Å². The van der Waals surface area contributed by atoms with Crippen molar-refractivity contribution in [2.45, 2.75) is 19.5 Å². The standard InChI is InChI=1S/C17H21N5S/c1-12(18-2)16-15(21-17(19-3)23-16)14-9-20-22(11-14)10-13-7-5-4-6-8-13/h4-9,11-12,18H,10H2,1-3H3,(H,19,21). The quantitative estimate of drug-likeness (QED) is 0.729. The van der Waals surface area contributed by atoms with Crippen LogP contribution in [0.2, 0.25) is 0 Å². The molecule has 0 aliphatic carbocycles. The zero-order chi connectivity index (χ0) is 16.2. The number of thiazole rings is 1. The molecule has 1 atom stereocenters. The van der Waals surface area contributed by atoms with E-state index in [1.807, 2.05) is 43.2 Å². The van der Waals surface area contributed by atoms with Crippen LogP contribution in [0.15, 0.2) is 42.7 Å². The van der Waals surface area contributed by atoms with E-state index in [0.29, 0.717) is 0 Å². The number of rotatable bonds is 6. The summed E-state index contributed by atoms with van der Waals surface area (Å²) in [6, 6.07) is 10.6. The summed E-state index contributed by atoms with van der Waals surface area (Å²) in [7, 11) is 3.86. The highest BCUT2D eigenvalue weighted by atomic mass is 32.1. The largest absolute Gasteiger partial charge is 0.365 e. The molecule has 0 aliphatic heterocycles. The Morgan fingerprint density at radius 1 is 1.22 bits per heavy atom. The molecule has 3 rings (SSSR count). The summed E-state index contributed by atoms with van der Waals surface area (Å²) in [6.45, 7) is 2.91. The number of hydrogen-bond acceptors (Lipinski definition) is 5. The number of hydrogen-bond donors (Lipinski definition) is 2. The number of aromatic nitrogens is 3. The van der Waals surface area contributed by atoms with E-state index in [9.17, 15) is 0 Å². The third-order valence-electron chi connectivity index (χ3n) is 3.79. The van der Waals surface area contributed by atoms with Crippen LogP contribution in [0.4, 0.5) is 5.13 Å². The maximum atomic E-state index is 4.70. The second-order valence-corrected chi connectivity index (χ2v) is 6.44. The minimum atomic E-state index is 0.252. The SMILES string of the molecule is CNc1nc(-c2cnn(Cc3ccccc3)c2)c(C(C)NC)s1. The Labute approximate surface area is 140 Å². The number of anilines is 1. The Morgan fingerprint density at radius 2 is 2.00 bits per heavy atom. The highest BCUT2D eigenvalue weighted by Gasteiger charge is 2.18. The molecule has 120 valence electrons. The lowest BCUT2D eigenvalue weighted by Gasteiger charge is -2.08. The lowest BCUT2D eigenvalue weighted by molar-refractivity contribution is 0.664. The van der Waals surface area contributed by atoms with E-state index < -0.39 is 0 Å². The van der Waals surface area contributed by atoms with Crippen LogP contribution in [-0.4, -0.2) is 28.9 Å². The van der Waals surface area contributed by atoms with Gasteiger partial charge < -0.3 is 10.6 Å². The molecule has 0 saturated heterocycles. The first kappa shape index (κ1) is 15.7. The molecule has 0 amide bonds. The van der Waals surface area contributed by atoms with E-state index in [-0.39, 0.29) is 6.04 Å². The topological polar surface area (TPSA) is 54.8 Å². The summed E-state index contributed by atoms with van der Waals surface area (Å²) in [5, 5.41) is 11.8. The summed E-state index contributed by atoms with van der Waals surface area (Å²) < 4.78 is 1.96. The second kappa shape index (κ2) is 6.93. The van der Waals surface area contributed by atoms with Crippen LogP contribution in [-0.2, 0) is 6.54 Å². The van der Waals surface area contributed by atoms with E-state index in [2.05, 4.69) is 41.0 Å². The van der Waals surface area contributed by atoms with Crippen LogP contribution < -0.4 is 10.6 Å². The minimum absolute atomic E-state index is 0.252. The van der Waals surface area contributed by atoms with Crippen molar-refractivity contribution in [3.05, 3.63) is 53.2 Å². The van der Waals surface area contributed by atoms with E-state index >= 15 is 0 Å². The molecule has 0 saturated carbocycles. The predicted molar refractivity (Wildman–Crippen MR) is 95.9 cm³/mol. The fourth-order valence-corrected chi connectivity index (χ4v) is 3.42. The average molecular weight is 327 g/mol. The van der Waals surface area contributed by atoms with Gasteiger partial charge in [0.25, 0.3) is 0 Å². The molecule has 2 N–H and O–H groups in total. The second-order valence-electron chi connectivity index (χ2n) is 5.40. The molecule has 23 heavy (non-hydrogen) atoms. The van der Waals surface area contributed by atoms with Crippen molar-refractivity contribution in [3.8, 4) is 11.3 Å². The van der Waals surface area contributed by atoms with Crippen molar-refractivity contribution in [2.24, 2.45) is 0 Å². The smallest absolute Gasteiger partial charge is 0.183 e. The predicted octanol–water partition coefficient (Wildman–Crippen LogP) is 3.38. The van der Waals surface area contributed by atoms with E-state index in [0.717, 1.165) is 22.9 Å². The summed E-state index contributed by atoms with van der Waals surface area (Å²) in [4.78, 5) is 5.92. The molecular formula is C17H21N5S. The van der Waals surface area contributed by atoms with Crippen LogP contribution in [0.25, 0.3) is 11.3 Å². The normalized spacial score (nSPS) is 12.3. The first-order valence-electron chi connectivity index (χ1n) is 7.63. The molecule has 0 radical (unpaired) electrons. The number of benzene rings is 1. The molecule has 2 aromatic heterocycles. The maximum absolute atomic E-state index is 4.70. The van der Waals surface area contributed by atoms with Gasteiger partial charge in [-0.1, -0.05) is 41.7 Å². The molecule has 0 bridgehead atoms. The van der Waals surface area contributed by atoms with Crippen LogP contribution >= 0.6 is 11.3 Å². The van der Waals surface area contributed by atoms with E-state index in [1.54, 1.807) is 11.3 Å². The van der Waals surface area contributed by atoms with Crippen molar-refractivity contribution in [1.82, 2.24) is 20.1 Å². The zero-order valence-electron chi connectivity index (χ0n) is 13.6. The average Bonchev–Trinajstić information content (AvgIpc) is 3.21. The van der Waals surface area contributed by atoms with Crippen molar-refractivity contribution in [1.29, 1.82) is 0 Å². The van der Waals surface area contributed by atoms with Crippen molar-refractivity contribution in [3.63, 3.8) is 0 Å². The van der Waals surface area contributed by atoms with Gasteiger partial charge in [0.05, 0.1) is 23.3 Å². The number of nitrogens with one attached hydrogen (secondary N) is 2. The Kier molecular flexibility index (Phi) is 4.73. The minimum Gasteiger partial charge on any atom is -0.365 e. The highest BCUT2D eigenvalue weighted by Crippen LogP contribution is 2.35. The van der Waals surface area contributed by atoms with Gasteiger partial charge in [-0.15, -0.1) is 0 Å². The van der Waals surface area contributed by atoms with Crippen molar-refractivity contribution in [2.75, 3.05) is 19.4 Å². The lowest BCUT2D eigenvalue weighted by Crippen LogP contribution is -2.11. The summed E-state index contributed by atoms with van der Waals surface area (Å²) in [5.74, 6) is 0. The fourth-order valence-electron chi connectivity index (χ4n) is 2.41. The molecule has 6 heteroatoms. The molecule has 1 unspecified atom stereocenters. The summed E-state index contributed by atoms with van der Waals surface area (Å²) in [6.07, 6.45) is 3.96. The Bertz CT molecular complexity index is 762. The van der Waals surface area contributed by atoms with Gasteiger partial charge in [0.2, 0.25) is 0 Å². The zero-order valence-corrected chi connectivity index (χ0v) is 14.4. The van der Waals surface area contributed by atoms with Gasteiger partial charge in [0, 0.05) is 24.8 Å². The van der Waals surface area contributed by atoms with Gasteiger partial charge in [-0.2, -0.15) is 5.10 Å². The van der Waals surface area contributed by atoms with Gasteiger partial charge in [-0.05, 0) is 19.5 Å².